The molecule has 0 spiro atoms. The van der Waals surface area contributed by atoms with Crippen molar-refractivity contribution in [2.45, 2.75) is 11.4 Å². The van der Waals surface area contributed by atoms with E-state index in [9.17, 15) is 4.79 Å². The van der Waals surface area contributed by atoms with Crippen molar-refractivity contribution < 1.29 is 14.3 Å². The molecule has 0 N–H and O–H groups in total. The van der Waals surface area contributed by atoms with Gasteiger partial charge in [0.15, 0.2) is 0 Å². The molecule has 0 saturated heterocycles. The Morgan fingerprint density at radius 3 is 2.46 bits per heavy atom. The summed E-state index contributed by atoms with van der Waals surface area (Å²) in [6, 6.07) is 13.5. The lowest BCUT2D eigenvalue weighted by atomic mass is 10.2. The molecule has 0 fully saturated rings. The number of thioether (sulfide) groups is 1. The second kappa shape index (κ2) is 8.99. The highest BCUT2D eigenvalue weighted by atomic mass is 79.9. The monoisotopic (exact) mass is 409 g/mol. The quantitative estimate of drug-likeness (QED) is 0.641. The fourth-order valence-corrected chi connectivity index (χ4v) is 3.22. The molecule has 4 nitrogen and oxygen atoms in total. The predicted molar refractivity (Wildman–Crippen MR) is 101 cm³/mol. The van der Waals surface area contributed by atoms with E-state index in [1.54, 1.807) is 26.2 Å². The van der Waals surface area contributed by atoms with Crippen LogP contribution in [0.1, 0.15) is 5.56 Å². The van der Waals surface area contributed by atoms with E-state index in [-0.39, 0.29) is 5.91 Å². The molecular weight excluding hydrogens is 390 g/mol. The number of nitrogens with zero attached hydrogens (tertiary/aromatic N) is 1. The molecule has 0 heterocycles. The molecule has 2 aromatic carbocycles. The highest BCUT2D eigenvalue weighted by Crippen LogP contribution is 2.26. The van der Waals surface area contributed by atoms with E-state index in [0.29, 0.717) is 12.3 Å². The molecule has 6 heteroatoms. The zero-order valence-electron chi connectivity index (χ0n) is 13.9. The van der Waals surface area contributed by atoms with E-state index in [4.69, 9.17) is 9.47 Å². The standard InChI is InChI=1S/C18H20BrNO3S/c1-20(11-13-4-7-15(22-2)10-17(13)23-3)18(21)12-24-16-8-5-14(19)6-9-16/h4-10H,11-12H2,1-3H3. The van der Waals surface area contributed by atoms with Gasteiger partial charge < -0.3 is 14.4 Å². The van der Waals surface area contributed by atoms with Gasteiger partial charge in [-0.2, -0.15) is 0 Å². The van der Waals surface area contributed by atoms with Crippen LogP contribution >= 0.6 is 27.7 Å². The van der Waals surface area contributed by atoms with Gasteiger partial charge in [0.1, 0.15) is 11.5 Å². The minimum atomic E-state index is 0.0702. The van der Waals surface area contributed by atoms with Gasteiger partial charge in [-0.3, -0.25) is 4.79 Å². The first-order valence-corrected chi connectivity index (χ1v) is 9.14. The number of amides is 1. The molecule has 0 saturated carbocycles. The Labute approximate surface area is 155 Å². The van der Waals surface area contributed by atoms with Crippen LogP contribution in [-0.2, 0) is 11.3 Å². The van der Waals surface area contributed by atoms with E-state index < -0.39 is 0 Å². The van der Waals surface area contributed by atoms with Crippen LogP contribution in [0.3, 0.4) is 0 Å². The Morgan fingerprint density at radius 2 is 1.83 bits per heavy atom. The number of hydrogen-bond donors (Lipinski definition) is 0. The number of hydrogen-bond acceptors (Lipinski definition) is 4. The van der Waals surface area contributed by atoms with Gasteiger partial charge in [-0.15, -0.1) is 11.8 Å². The second-order valence-electron chi connectivity index (χ2n) is 5.17. The summed E-state index contributed by atoms with van der Waals surface area (Å²) in [5, 5.41) is 0. The number of methoxy groups -OCH3 is 2. The number of carbonyl (C=O) groups is 1. The number of rotatable bonds is 7. The molecule has 1 amide bonds. The lowest BCUT2D eigenvalue weighted by Gasteiger charge is -2.19. The van der Waals surface area contributed by atoms with Crippen LogP contribution in [0.15, 0.2) is 51.8 Å². The van der Waals surface area contributed by atoms with Crippen molar-refractivity contribution in [2.24, 2.45) is 0 Å². The Kier molecular flexibility index (Phi) is 6.99. The Hall–Kier alpha value is -1.66. The van der Waals surface area contributed by atoms with Gasteiger partial charge in [0, 0.05) is 34.6 Å². The van der Waals surface area contributed by atoms with E-state index in [1.807, 2.05) is 42.5 Å². The average Bonchev–Trinajstić information content (AvgIpc) is 2.61. The molecule has 0 bridgehead atoms. The van der Waals surface area contributed by atoms with E-state index >= 15 is 0 Å². The van der Waals surface area contributed by atoms with Crippen molar-refractivity contribution in [3.63, 3.8) is 0 Å². The summed E-state index contributed by atoms with van der Waals surface area (Å²) in [6.45, 7) is 0.493. The van der Waals surface area contributed by atoms with Crippen LogP contribution in [0.2, 0.25) is 0 Å². The molecule has 0 aliphatic carbocycles. The molecule has 0 radical (unpaired) electrons. The molecule has 2 rings (SSSR count). The summed E-state index contributed by atoms with van der Waals surface area (Å²) in [7, 11) is 5.03. The third-order valence-electron chi connectivity index (χ3n) is 3.50. The molecule has 0 aromatic heterocycles. The van der Waals surface area contributed by atoms with Gasteiger partial charge in [0.2, 0.25) is 5.91 Å². The second-order valence-corrected chi connectivity index (χ2v) is 7.13. The largest absolute Gasteiger partial charge is 0.497 e. The van der Waals surface area contributed by atoms with Gasteiger partial charge in [0.05, 0.1) is 20.0 Å². The first-order chi connectivity index (χ1) is 11.5. The van der Waals surface area contributed by atoms with Gasteiger partial charge >= 0.3 is 0 Å². The summed E-state index contributed by atoms with van der Waals surface area (Å²) in [6.07, 6.45) is 0. The van der Waals surface area contributed by atoms with Gasteiger partial charge in [-0.1, -0.05) is 15.9 Å². The SMILES string of the molecule is COc1ccc(CN(C)C(=O)CSc2ccc(Br)cc2)c(OC)c1. The Morgan fingerprint density at radius 1 is 1.12 bits per heavy atom. The van der Waals surface area contributed by atoms with Gasteiger partial charge in [-0.25, -0.2) is 0 Å². The molecule has 0 unspecified atom stereocenters. The highest BCUT2D eigenvalue weighted by Gasteiger charge is 2.13. The molecule has 128 valence electrons. The Balaban J connectivity index is 1.94. The van der Waals surface area contributed by atoms with E-state index in [1.165, 1.54) is 11.8 Å². The minimum absolute atomic E-state index is 0.0702. The fraction of sp³-hybridized carbons (Fsp3) is 0.278. The molecule has 0 aliphatic rings. The summed E-state index contributed by atoms with van der Waals surface area (Å²) in [5.41, 5.74) is 0.947. The van der Waals surface area contributed by atoms with Gasteiger partial charge in [-0.05, 0) is 36.4 Å². The van der Waals surface area contributed by atoms with Crippen molar-refractivity contribution in [3.8, 4) is 11.5 Å². The average molecular weight is 410 g/mol. The van der Waals surface area contributed by atoms with Crippen LogP contribution in [0.5, 0.6) is 11.5 Å². The summed E-state index contributed by atoms with van der Waals surface area (Å²) in [4.78, 5) is 15.1. The number of benzene rings is 2. The molecular formula is C18H20BrNO3S. The number of halogens is 1. The topological polar surface area (TPSA) is 38.8 Å². The van der Waals surface area contributed by atoms with Crippen molar-refractivity contribution in [1.82, 2.24) is 4.90 Å². The van der Waals surface area contributed by atoms with Crippen LogP contribution in [0.4, 0.5) is 0 Å². The summed E-state index contributed by atoms with van der Waals surface area (Å²) >= 11 is 4.93. The molecule has 24 heavy (non-hydrogen) atoms. The zero-order chi connectivity index (χ0) is 17.5. The smallest absolute Gasteiger partial charge is 0.232 e. The van der Waals surface area contributed by atoms with Crippen molar-refractivity contribution in [3.05, 3.63) is 52.5 Å². The van der Waals surface area contributed by atoms with E-state index in [2.05, 4.69) is 15.9 Å². The first-order valence-electron chi connectivity index (χ1n) is 7.36. The molecule has 0 aliphatic heterocycles. The maximum atomic E-state index is 12.3. The lowest BCUT2D eigenvalue weighted by Crippen LogP contribution is -2.28. The predicted octanol–water partition coefficient (Wildman–Crippen LogP) is 4.22. The Bertz CT molecular complexity index is 691. The highest BCUT2D eigenvalue weighted by molar-refractivity contribution is 9.10. The summed E-state index contributed by atoms with van der Waals surface area (Å²) in [5.74, 6) is 1.92. The van der Waals surface area contributed by atoms with Crippen LogP contribution in [0, 0.1) is 0 Å². The van der Waals surface area contributed by atoms with Gasteiger partial charge in [0.25, 0.3) is 0 Å². The van der Waals surface area contributed by atoms with Crippen LogP contribution < -0.4 is 9.47 Å². The molecule has 0 atom stereocenters. The molecule has 2 aromatic rings. The van der Waals surface area contributed by atoms with Crippen molar-refractivity contribution in [2.75, 3.05) is 27.0 Å². The first kappa shape index (κ1) is 18.7. The number of ether oxygens (including phenoxy) is 2. The van der Waals surface area contributed by atoms with Crippen LogP contribution in [0.25, 0.3) is 0 Å². The van der Waals surface area contributed by atoms with Crippen LogP contribution in [-0.4, -0.2) is 37.8 Å². The van der Waals surface area contributed by atoms with Crippen molar-refractivity contribution >= 4 is 33.6 Å². The van der Waals surface area contributed by atoms with Crippen molar-refractivity contribution in [1.29, 1.82) is 0 Å². The maximum Gasteiger partial charge on any atom is 0.232 e. The minimum Gasteiger partial charge on any atom is -0.497 e. The zero-order valence-corrected chi connectivity index (χ0v) is 16.3. The lowest BCUT2D eigenvalue weighted by molar-refractivity contribution is -0.127. The summed E-state index contributed by atoms with van der Waals surface area (Å²) < 4.78 is 11.6. The number of carbonyl (C=O) groups excluding carboxylic acids is 1. The maximum absolute atomic E-state index is 12.3. The fourth-order valence-electron chi connectivity index (χ4n) is 2.11. The third-order valence-corrected chi connectivity index (χ3v) is 5.03. The third kappa shape index (κ3) is 5.18. The van der Waals surface area contributed by atoms with E-state index in [0.717, 1.165) is 26.4 Å². The normalized spacial score (nSPS) is 10.3.